The van der Waals surface area contributed by atoms with Crippen LogP contribution in [0.25, 0.3) is 11.1 Å². The lowest BCUT2D eigenvalue weighted by Gasteiger charge is -2.26. The Hall–Kier alpha value is -2.85. The van der Waals surface area contributed by atoms with Crippen LogP contribution in [0.4, 0.5) is 8.78 Å². The molecule has 7 heteroatoms. The minimum Gasteiger partial charge on any atom is -0.378 e. The summed E-state index contributed by atoms with van der Waals surface area (Å²) in [7, 11) is 0. The van der Waals surface area contributed by atoms with Gasteiger partial charge in [-0.05, 0) is 25.1 Å². The van der Waals surface area contributed by atoms with Gasteiger partial charge in [0.1, 0.15) is 23.4 Å². The van der Waals surface area contributed by atoms with Crippen molar-refractivity contribution in [2.24, 2.45) is 0 Å². The zero-order chi connectivity index (χ0) is 18.0. The van der Waals surface area contributed by atoms with Crippen molar-refractivity contribution in [3.8, 4) is 17.2 Å². The fourth-order valence-corrected chi connectivity index (χ4v) is 2.77. The highest BCUT2D eigenvalue weighted by Gasteiger charge is 2.23. The van der Waals surface area contributed by atoms with E-state index < -0.39 is 11.6 Å². The molecule has 0 N–H and O–H groups in total. The fourth-order valence-electron chi connectivity index (χ4n) is 2.77. The van der Waals surface area contributed by atoms with Gasteiger partial charge in [-0.3, -0.25) is 4.79 Å². The molecule has 1 amide bonds. The molecule has 2 heterocycles. The molecule has 128 valence electrons. The molecular weight excluding hydrogens is 328 g/mol. The average Bonchev–Trinajstić information content (AvgIpc) is 2.61. The molecular formula is C18H15F2N3O2. The summed E-state index contributed by atoms with van der Waals surface area (Å²) in [5, 5.41) is 9.39. The maximum absolute atomic E-state index is 14.2. The minimum absolute atomic E-state index is 0.0551. The lowest BCUT2D eigenvalue weighted by molar-refractivity contribution is 0.0299. The van der Waals surface area contributed by atoms with Crippen molar-refractivity contribution >= 4 is 5.91 Å². The number of halogens is 2. The lowest BCUT2D eigenvalue weighted by atomic mass is 9.98. The predicted molar refractivity (Wildman–Crippen MR) is 85.8 cm³/mol. The number of ether oxygens (including phenoxy) is 1. The molecule has 5 nitrogen and oxygen atoms in total. The van der Waals surface area contributed by atoms with Crippen molar-refractivity contribution in [1.29, 1.82) is 5.26 Å². The summed E-state index contributed by atoms with van der Waals surface area (Å²) in [4.78, 5) is 18.4. The van der Waals surface area contributed by atoms with Gasteiger partial charge in [0.25, 0.3) is 5.91 Å². The van der Waals surface area contributed by atoms with Gasteiger partial charge in [0.2, 0.25) is 0 Å². The molecule has 0 atom stereocenters. The Bertz CT molecular complexity index is 871. The molecule has 3 rings (SSSR count). The summed E-state index contributed by atoms with van der Waals surface area (Å²) in [6.45, 7) is 3.36. The molecule has 25 heavy (non-hydrogen) atoms. The normalized spacial score (nSPS) is 14.2. The number of amides is 1. The van der Waals surface area contributed by atoms with Crippen LogP contribution in [0.1, 0.15) is 21.7 Å². The van der Waals surface area contributed by atoms with E-state index in [-0.39, 0.29) is 28.3 Å². The number of carbonyl (C=O) groups excluding carboxylic acids is 1. The second-order valence-corrected chi connectivity index (χ2v) is 5.66. The van der Waals surface area contributed by atoms with Crippen LogP contribution in [-0.4, -0.2) is 42.1 Å². The zero-order valence-corrected chi connectivity index (χ0v) is 13.6. The fraction of sp³-hybridized carbons (Fsp3) is 0.278. The molecule has 1 aromatic heterocycles. The molecule has 0 unspecified atom stereocenters. The first-order chi connectivity index (χ1) is 12.0. The quantitative estimate of drug-likeness (QED) is 0.841. The predicted octanol–water partition coefficient (Wildman–Crippen LogP) is 2.68. The number of morpholine rings is 1. The zero-order valence-electron chi connectivity index (χ0n) is 13.6. The second kappa shape index (κ2) is 6.95. The Morgan fingerprint density at radius 1 is 1.24 bits per heavy atom. The van der Waals surface area contributed by atoms with Crippen molar-refractivity contribution in [1.82, 2.24) is 9.88 Å². The van der Waals surface area contributed by atoms with E-state index in [0.29, 0.717) is 32.0 Å². The van der Waals surface area contributed by atoms with Crippen molar-refractivity contribution < 1.29 is 18.3 Å². The molecule has 1 aromatic carbocycles. The van der Waals surface area contributed by atoms with Crippen LogP contribution < -0.4 is 0 Å². The molecule has 1 saturated heterocycles. The van der Waals surface area contributed by atoms with Gasteiger partial charge in [-0.2, -0.15) is 5.26 Å². The van der Waals surface area contributed by atoms with E-state index in [1.165, 1.54) is 12.1 Å². The molecule has 1 fully saturated rings. The van der Waals surface area contributed by atoms with E-state index in [2.05, 4.69) is 4.98 Å². The summed E-state index contributed by atoms with van der Waals surface area (Å²) in [6, 6.07) is 6.48. The smallest absolute Gasteiger partial charge is 0.272 e. The number of pyridine rings is 1. The minimum atomic E-state index is -0.799. The largest absolute Gasteiger partial charge is 0.378 e. The van der Waals surface area contributed by atoms with Crippen LogP contribution in [0.2, 0.25) is 0 Å². The molecule has 1 aliphatic heterocycles. The van der Waals surface area contributed by atoms with Crippen molar-refractivity contribution in [3.05, 3.63) is 52.9 Å². The van der Waals surface area contributed by atoms with Crippen LogP contribution >= 0.6 is 0 Å². The standard InChI is InChI=1S/C18H15F2N3O2/c1-11-15(10-21)14(13-3-2-12(19)8-16(13)20)9-17(22-11)18(24)23-4-6-25-7-5-23/h2-3,8-9H,4-7H2,1H3. The van der Waals surface area contributed by atoms with Crippen molar-refractivity contribution in [2.75, 3.05) is 26.3 Å². The third kappa shape index (κ3) is 3.35. The molecule has 0 bridgehead atoms. The first kappa shape index (κ1) is 17.0. The number of hydrogen-bond donors (Lipinski definition) is 0. The molecule has 1 aliphatic rings. The van der Waals surface area contributed by atoms with E-state index in [0.717, 1.165) is 12.1 Å². The second-order valence-electron chi connectivity index (χ2n) is 5.66. The topological polar surface area (TPSA) is 66.2 Å². The highest BCUT2D eigenvalue weighted by molar-refractivity contribution is 5.94. The first-order valence-electron chi connectivity index (χ1n) is 7.75. The number of rotatable bonds is 2. The maximum atomic E-state index is 14.2. The van der Waals surface area contributed by atoms with E-state index >= 15 is 0 Å². The SMILES string of the molecule is Cc1nc(C(=O)N2CCOCC2)cc(-c2ccc(F)cc2F)c1C#N. The van der Waals surface area contributed by atoms with Crippen LogP contribution in [0.3, 0.4) is 0 Å². The van der Waals surface area contributed by atoms with Crippen LogP contribution in [0.15, 0.2) is 24.3 Å². The van der Waals surface area contributed by atoms with Crippen LogP contribution in [0.5, 0.6) is 0 Å². The molecule has 0 saturated carbocycles. The van der Waals surface area contributed by atoms with E-state index in [9.17, 15) is 18.8 Å². The van der Waals surface area contributed by atoms with Crippen LogP contribution in [-0.2, 0) is 4.74 Å². The van der Waals surface area contributed by atoms with E-state index in [4.69, 9.17) is 4.74 Å². The Kier molecular flexibility index (Phi) is 4.72. The Morgan fingerprint density at radius 3 is 2.60 bits per heavy atom. The number of nitriles is 1. The summed E-state index contributed by atoms with van der Waals surface area (Å²) < 4.78 is 32.6. The number of aryl methyl sites for hydroxylation is 1. The molecule has 0 spiro atoms. The monoisotopic (exact) mass is 343 g/mol. The van der Waals surface area contributed by atoms with Gasteiger partial charge in [-0.1, -0.05) is 0 Å². The first-order valence-corrected chi connectivity index (χ1v) is 7.75. The van der Waals surface area contributed by atoms with Gasteiger partial charge in [-0.25, -0.2) is 13.8 Å². The van der Waals surface area contributed by atoms with E-state index in [1.54, 1.807) is 11.8 Å². The summed E-state index contributed by atoms with van der Waals surface area (Å²) >= 11 is 0. The molecule has 2 aromatic rings. The van der Waals surface area contributed by atoms with Gasteiger partial charge in [0, 0.05) is 30.3 Å². The Labute approximate surface area is 143 Å². The summed E-state index contributed by atoms with van der Waals surface area (Å²) in [5.74, 6) is -1.82. The number of benzene rings is 1. The molecule has 0 radical (unpaired) electrons. The van der Waals surface area contributed by atoms with Gasteiger partial charge in [0.15, 0.2) is 0 Å². The van der Waals surface area contributed by atoms with Gasteiger partial charge in [0.05, 0.1) is 24.5 Å². The van der Waals surface area contributed by atoms with Crippen molar-refractivity contribution in [2.45, 2.75) is 6.92 Å². The maximum Gasteiger partial charge on any atom is 0.272 e. The summed E-state index contributed by atoms with van der Waals surface area (Å²) in [5.41, 5.74) is 0.880. The Balaban J connectivity index is 2.09. The highest BCUT2D eigenvalue weighted by atomic mass is 19.1. The third-order valence-corrected chi connectivity index (χ3v) is 4.05. The molecule has 0 aliphatic carbocycles. The van der Waals surface area contributed by atoms with Gasteiger partial charge >= 0.3 is 0 Å². The number of carbonyl (C=O) groups is 1. The summed E-state index contributed by atoms with van der Waals surface area (Å²) in [6.07, 6.45) is 0. The highest BCUT2D eigenvalue weighted by Crippen LogP contribution is 2.29. The van der Waals surface area contributed by atoms with Crippen molar-refractivity contribution in [3.63, 3.8) is 0 Å². The third-order valence-electron chi connectivity index (χ3n) is 4.05. The number of aromatic nitrogens is 1. The van der Waals surface area contributed by atoms with Gasteiger partial charge in [-0.15, -0.1) is 0 Å². The number of hydrogen-bond acceptors (Lipinski definition) is 4. The number of nitrogens with zero attached hydrogens (tertiary/aromatic N) is 3. The van der Waals surface area contributed by atoms with E-state index in [1.807, 2.05) is 6.07 Å². The lowest BCUT2D eigenvalue weighted by Crippen LogP contribution is -2.41. The average molecular weight is 343 g/mol. The van der Waals surface area contributed by atoms with Gasteiger partial charge < -0.3 is 9.64 Å². The Morgan fingerprint density at radius 2 is 1.96 bits per heavy atom. The van der Waals surface area contributed by atoms with Crippen LogP contribution in [0, 0.1) is 29.9 Å².